The van der Waals surface area contributed by atoms with Crippen LogP contribution in [-0.2, 0) is 16.0 Å². The number of ether oxygens (including phenoxy) is 1. The molecule has 0 aliphatic rings. The first-order valence-corrected chi connectivity index (χ1v) is 8.84. The standard InChI is InChI=1S/C18H32N4O3.HI/c1-5-24-12-7-10-20-17(21-11-9-15-8-6-13-25-15)22-14-18(2,3)16(23)19-4;/h6,8,13H,5,7,9-12,14H2,1-4H3,(H,19,23)(H2,20,21,22);1H. The van der Waals surface area contributed by atoms with Gasteiger partial charge in [0.05, 0.1) is 18.2 Å². The SMILES string of the molecule is CCOCCCNC(=NCC(C)(C)C(=O)NC)NCCc1ccco1.I. The minimum atomic E-state index is -0.560. The van der Waals surface area contributed by atoms with Crippen molar-refractivity contribution in [1.29, 1.82) is 0 Å². The van der Waals surface area contributed by atoms with Gasteiger partial charge < -0.3 is 25.1 Å². The molecule has 0 atom stereocenters. The first kappa shape index (κ1) is 24.7. The lowest BCUT2D eigenvalue weighted by atomic mass is 9.93. The molecule has 1 heterocycles. The molecule has 8 heteroatoms. The van der Waals surface area contributed by atoms with Crippen LogP contribution in [0.2, 0.25) is 0 Å². The number of carbonyl (C=O) groups is 1. The van der Waals surface area contributed by atoms with Crippen molar-refractivity contribution in [3.63, 3.8) is 0 Å². The average Bonchev–Trinajstić information content (AvgIpc) is 3.11. The number of hydrogen-bond donors (Lipinski definition) is 3. The minimum absolute atomic E-state index is 0. The Morgan fingerprint density at radius 2 is 2.04 bits per heavy atom. The molecule has 0 saturated heterocycles. The molecule has 1 aromatic heterocycles. The van der Waals surface area contributed by atoms with E-state index in [0.29, 0.717) is 25.7 Å². The molecule has 0 unspecified atom stereocenters. The van der Waals surface area contributed by atoms with E-state index in [-0.39, 0.29) is 29.9 Å². The molecule has 7 nitrogen and oxygen atoms in total. The van der Waals surface area contributed by atoms with Gasteiger partial charge in [-0.1, -0.05) is 0 Å². The van der Waals surface area contributed by atoms with E-state index < -0.39 is 5.41 Å². The molecular formula is C18H33IN4O3. The summed E-state index contributed by atoms with van der Waals surface area (Å²) in [7, 11) is 1.64. The molecule has 0 aliphatic heterocycles. The second-order valence-corrected chi connectivity index (χ2v) is 6.36. The van der Waals surface area contributed by atoms with Crippen molar-refractivity contribution in [2.75, 3.05) is 39.9 Å². The molecule has 1 amide bonds. The van der Waals surface area contributed by atoms with E-state index in [1.54, 1.807) is 13.3 Å². The van der Waals surface area contributed by atoms with E-state index in [0.717, 1.165) is 31.8 Å². The van der Waals surface area contributed by atoms with Gasteiger partial charge in [-0.2, -0.15) is 0 Å². The molecule has 0 bridgehead atoms. The first-order chi connectivity index (χ1) is 12.0. The lowest BCUT2D eigenvalue weighted by Gasteiger charge is -2.21. The maximum atomic E-state index is 11.9. The monoisotopic (exact) mass is 480 g/mol. The van der Waals surface area contributed by atoms with Crippen LogP contribution in [0.3, 0.4) is 0 Å². The zero-order valence-corrected chi connectivity index (χ0v) is 18.6. The number of halogens is 1. The van der Waals surface area contributed by atoms with Crippen LogP contribution in [-0.4, -0.2) is 51.8 Å². The number of aliphatic imine (C=N–C) groups is 1. The number of hydrogen-bond acceptors (Lipinski definition) is 4. The molecular weight excluding hydrogens is 447 g/mol. The van der Waals surface area contributed by atoms with E-state index in [2.05, 4.69) is 20.9 Å². The topological polar surface area (TPSA) is 87.9 Å². The summed E-state index contributed by atoms with van der Waals surface area (Å²) in [6, 6.07) is 3.82. The van der Waals surface area contributed by atoms with E-state index in [1.807, 2.05) is 32.9 Å². The quantitative estimate of drug-likeness (QED) is 0.196. The van der Waals surface area contributed by atoms with Gasteiger partial charge in [-0.05, 0) is 39.3 Å². The maximum absolute atomic E-state index is 11.9. The Bertz CT molecular complexity index is 519. The van der Waals surface area contributed by atoms with Crippen molar-refractivity contribution >= 4 is 35.8 Å². The van der Waals surface area contributed by atoms with Crippen molar-refractivity contribution < 1.29 is 13.9 Å². The molecule has 1 aromatic rings. The van der Waals surface area contributed by atoms with Crippen LogP contribution in [0.1, 0.15) is 33.0 Å². The van der Waals surface area contributed by atoms with E-state index >= 15 is 0 Å². The second-order valence-electron chi connectivity index (χ2n) is 6.36. The number of guanidine groups is 1. The predicted molar refractivity (Wildman–Crippen MR) is 115 cm³/mol. The van der Waals surface area contributed by atoms with Crippen molar-refractivity contribution in [3.05, 3.63) is 24.2 Å². The number of amides is 1. The van der Waals surface area contributed by atoms with Crippen molar-refractivity contribution in [3.8, 4) is 0 Å². The van der Waals surface area contributed by atoms with Crippen LogP contribution >= 0.6 is 24.0 Å². The summed E-state index contributed by atoms with van der Waals surface area (Å²) in [5, 5.41) is 9.25. The van der Waals surface area contributed by atoms with Crippen molar-refractivity contribution in [2.24, 2.45) is 10.4 Å². The number of furan rings is 1. The molecule has 150 valence electrons. The van der Waals surface area contributed by atoms with Gasteiger partial charge in [-0.25, -0.2) is 0 Å². The van der Waals surface area contributed by atoms with Gasteiger partial charge >= 0.3 is 0 Å². The Morgan fingerprint density at radius 1 is 1.31 bits per heavy atom. The second kappa shape index (κ2) is 13.9. The highest BCUT2D eigenvalue weighted by atomic mass is 127. The highest BCUT2D eigenvalue weighted by Gasteiger charge is 2.26. The number of nitrogens with zero attached hydrogens (tertiary/aromatic N) is 1. The lowest BCUT2D eigenvalue weighted by Crippen LogP contribution is -2.42. The zero-order valence-electron chi connectivity index (χ0n) is 16.3. The smallest absolute Gasteiger partial charge is 0.227 e. The number of nitrogens with one attached hydrogen (secondary N) is 3. The highest BCUT2D eigenvalue weighted by molar-refractivity contribution is 14.0. The fourth-order valence-electron chi connectivity index (χ4n) is 2.15. The normalized spacial score (nSPS) is 11.6. The van der Waals surface area contributed by atoms with Crippen LogP contribution in [0.5, 0.6) is 0 Å². The summed E-state index contributed by atoms with van der Waals surface area (Å²) in [6.07, 6.45) is 3.33. The van der Waals surface area contributed by atoms with Gasteiger partial charge in [0.2, 0.25) is 5.91 Å². The maximum Gasteiger partial charge on any atom is 0.227 e. The van der Waals surface area contributed by atoms with E-state index in [4.69, 9.17) is 9.15 Å². The molecule has 0 radical (unpaired) electrons. The van der Waals surface area contributed by atoms with Crippen LogP contribution in [0, 0.1) is 5.41 Å². The Kier molecular flexibility index (Phi) is 13.2. The number of carbonyl (C=O) groups excluding carboxylic acids is 1. The van der Waals surface area contributed by atoms with Crippen molar-refractivity contribution in [2.45, 2.75) is 33.6 Å². The van der Waals surface area contributed by atoms with Gasteiger partial charge in [-0.3, -0.25) is 9.79 Å². The van der Waals surface area contributed by atoms with Gasteiger partial charge in [0.25, 0.3) is 0 Å². The zero-order chi connectivity index (χ0) is 18.5. The molecule has 0 saturated carbocycles. The Hall–Kier alpha value is -1.29. The average molecular weight is 480 g/mol. The Morgan fingerprint density at radius 3 is 2.65 bits per heavy atom. The predicted octanol–water partition coefficient (Wildman–Crippen LogP) is 2.17. The molecule has 1 rings (SSSR count). The number of rotatable bonds is 11. The molecule has 26 heavy (non-hydrogen) atoms. The van der Waals surface area contributed by atoms with E-state index in [1.165, 1.54) is 0 Å². The van der Waals surface area contributed by atoms with Crippen LogP contribution < -0.4 is 16.0 Å². The van der Waals surface area contributed by atoms with Gasteiger partial charge in [0.1, 0.15) is 5.76 Å². The molecule has 0 fully saturated rings. The van der Waals surface area contributed by atoms with Crippen molar-refractivity contribution in [1.82, 2.24) is 16.0 Å². The summed E-state index contributed by atoms with van der Waals surface area (Å²) >= 11 is 0. The minimum Gasteiger partial charge on any atom is -0.469 e. The summed E-state index contributed by atoms with van der Waals surface area (Å²) in [5.41, 5.74) is -0.560. The largest absolute Gasteiger partial charge is 0.469 e. The molecule has 3 N–H and O–H groups in total. The van der Waals surface area contributed by atoms with Gasteiger partial charge in [-0.15, -0.1) is 24.0 Å². The first-order valence-electron chi connectivity index (χ1n) is 8.84. The van der Waals surface area contributed by atoms with Crippen LogP contribution in [0.25, 0.3) is 0 Å². The Balaban J connectivity index is 0.00000625. The molecule has 0 spiro atoms. The van der Waals surface area contributed by atoms with E-state index in [9.17, 15) is 4.79 Å². The highest BCUT2D eigenvalue weighted by Crippen LogP contribution is 2.15. The fourth-order valence-corrected chi connectivity index (χ4v) is 2.15. The molecule has 0 aliphatic carbocycles. The summed E-state index contributed by atoms with van der Waals surface area (Å²) < 4.78 is 10.7. The summed E-state index contributed by atoms with van der Waals surface area (Å²) in [5.74, 6) is 1.59. The van der Waals surface area contributed by atoms with Crippen LogP contribution in [0.15, 0.2) is 27.8 Å². The third kappa shape index (κ3) is 10.0. The third-order valence-corrected chi connectivity index (χ3v) is 3.68. The van der Waals surface area contributed by atoms with Gasteiger partial charge in [0, 0.05) is 39.8 Å². The lowest BCUT2D eigenvalue weighted by molar-refractivity contribution is -0.128. The Labute approximate surface area is 173 Å². The fraction of sp³-hybridized carbons (Fsp3) is 0.667. The summed E-state index contributed by atoms with van der Waals surface area (Å²) in [4.78, 5) is 16.5. The van der Waals surface area contributed by atoms with Gasteiger partial charge in [0.15, 0.2) is 5.96 Å². The third-order valence-electron chi connectivity index (χ3n) is 3.68. The molecule has 0 aromatic carbocycles. The van der Waals surface area contributed by atoms with Crippen LogP contribution in [0.4, 0.5) is 0 Å². The summed E-state index contributed by atoms with van der Waals surface area (Å²) in [6.45, 7) is 9.04.